The summed E-state index contributed by atoms with van der Waals surface area (Å²) in [5, 5.41) is 4.16. The number of hydrazone groups is 1. The average Bonchev–Trinajstić information content (AvgIpc) is 2.28. The third-order valence-corrected chi connectivity index (χ3v) is 2.04. The number of rotatable bonds is 4. The normalized spacial score (nSPS) is 10.9. The molecular weight excluding hydrogens is 242 g/mol. The molecule has 0 fully saturated rings. The second kappa shape index (κ2) is 6.55. The summed E-state index contributed by atoms with van der Waals surface area (Å²) in [5.41, 5.74) is 7.71. The molecule has 0 spiro atoms. The maximum atomic E-state index is 10.3. The smallest absolute Gasteiger partial charge is 0.332 e. The van der Waals surface area contributed by atoms with Gasteiger partial charge >= 0.3 is 6.03 Å². The zero-order chi connectivity index (χ0) is 12.7. The Balaban J connectivity index is 2.73. The lowest BCUT2D eigenvalue weighted by Crippen LogP contribution is -2.24. The summed E-state index contributed by atoms with van der Waals surface area (Å²) in [6.45, 7) is 0. The van der Waals surface area contributed by atoms with Crippen molar-refractivity contribution in [2.45, 2.75) is 0 Å². The van der Waals surface area contributed by atoms with Crippen molar-refractivity contribution in [3.8, 4) is 5.75 Å². The van der Waals surface area contributed by atoms with E-state index in [1.54, 1.807) is 37.5 Å². The molecule has 17 heavy (non-hydrogen) atoms. The van der Waals surface area contributed by atoms with Crippen molar-refractivity contribution < 1.29 is 9.53 Å². The van der Waals surface area contributed by atoms with Gasteiger partial charge in [0.25, 0.3) is 0 Å². The first-order valence-corrected chi connectivity index (χ1v) is 5.10. The Hall–Kier alpha value is -2.01. The molecule has 1 rings (SSSR count). The topological polar surface area (TPSA) is 76.7 Å². The lowest BCUT2D eigenvalue weighted by Gasteiger charge is -2.04. The molecule has 0 aliphatic heterocycles. The number of nitrogens with two attached hydrogens (primary N) is 1. The third-order valence-electron chi connectivity index (χ3n) is 1.80. The Bertz CT molecular complexity index is 458. The molecule has 1 aromatic carbocycles. The fraction of sp³-hybridized carbons (Fsp3) is 0.0909. The van der Waals surface area contributed by atoms with Crippen LogP contribution in [0, 0.1) is 0 Å². The lowest BCUT2D eigenvalue weighted by molar-refractivity contribution is 0.249. The Morgan fingerprint density at radius 1 is 1.59 bits per heavy atom. The number of hydrogen-bond acceptors (Lipinski definition) is 3. The Morgan fingerprint density at radius 3 is 3.00 bits per heavy atom. The maximum absolute atomic E-state index is 10.3. The second-order valence-electron chi connectivity index (χ2n) is 3.00. The van der Waals surface area contributed by atoms with Crippen LogP contribution >= 0.6 is 11.6 Å². The van der Waals surface area contributed by atoms with Crippen LogP contribution in [0.2, 0.25) is 5.02 Å². The molecule has 6 heteroatoms. The van der Waals surface area contributed by atoms with E-state index in [9.17, 15) is 4.79 Å². The number of carbonyl (C=O) groups excluding carboxylic acids is 1. The van der Waals surface area contributed by atoms with Crippen molar-refractivity contribution in [1.29, 1.82) is 0 Å². The minimum Gasteiger partial charge on any atom is -0.496 e. The zero-order valence-electron chi connectivity index (χ0n) is 9.18. The molecule has 0 atom stereocenters. The number of methoxy groups -OCH3 is 1. The molecule has 0 bridgehead atoms. The molecule has 0 heterocycles. The van der Waals surface area contributed by atoms with Gasteiger partial charge in [-0.1, -0.05) is 11.6 Å². The standard InChI is InChI=1S/C11H12ClN3O2/c1-17-10-5-4-9(12)7-8(10)3-2-6-14-15-11(13)16/h2-7H,1H3,(H3,13,15,16)/b3-2+,14-6+. The highest BCUT2D eigenvalue weighted by Gasteiger charge is 1.99. The minimum atomic E-state index is -0.713. The molecule has 3 N–H and O–H groups in total. The van der Waals surface area contributed by atoms with Crippen molar-refractivity contribution in [3.05, 3.63) is 34.9 Å². The highest BCUT2D eigenvalue weighted by Crippen LogP contribution is 2.23. The second-order valence-corrected chi connectivity index (χ2v) is 3.44. The van der Waals surface area contributed by atoms with Crippen LogP contribution in [0.5, 0.6) is 5.75 Å². The number of benzene rings is 1. The predicted octanol–water partition coefficient (Wildman–Crippen LogP) is 2.02. The first kappa shape index (κ1) is 13.1. The third kappa shape index (κ3) is 4.56. The van der Waals surface area contributed by atoms with Gasteiger partial charge in [-0.3, -0.25) is 0 Å². The summed E-state index contributed by atoms with van der Waals surface area (Å²) in [4.78, 5) is 10.3. The van der Waals surface area contributed by atoms with E-state index >= 15 is 0 Å². The predicted molar refractivity (Wildman–Crippen MR) is 68.2 cm³/mol. The first-order chi connectivity index (χ1) is 8.13. The number of nitrogens with zero attached hydrogens (tertiary/aromatic N) is 1. The van der Waals surface area contributed by atoms with E-state index in [2.05, 4.69) is 10.5 Å². The molecule has 1 aromatic rings. The molecule has 90 valence electrons. The van der Waals surface area contributed by atoms with Crippen molar-refractivity contribution >= 4 is 29.9 Å². The van der Waals surface area contributed by atoms with Crippen LogP contribution in [0.4, 0.5) is 4.79 Å². The number of amides is 2. The van der Waals surface area contributed by atoms with Crippen molar-refractivity contribution in [2.75, 3.05) is 7.11 Å². The lowest BCUT2D eigenvalue weighted by atomic mass is 10.2. The molecule has 0 unspecified atom stereocenters. The highest BCUT2D eigenvalue weighted by molar-refractivity contribution is 6.30. The van der Waals surface area contributed by atoms with Crippen LogP contribution in [0.3, 0.4) is 0 Å². The summed E-state index contributed by atoms with van der Waals surface area (Å²) in [7, 11) is 1.57. The van der Waals surface area contributed by atoms with Crippen LogP contribution in [-0.4, -0.2) is 19.4 Å². The number of hydrogen-bond donors (Lipinski definition) is 2. The van der Waals surface area contributed by atoms with Gasteiger partial charge in [-0.25, -0.2) is 10.2 Å². The summed E-state index contributed by atoms with van der Waals surface area (Å²) >= 11 is 5.86. The Morgan fingerprint density at radius 2 is 2.35 bits per heavy atom. The van der Waals surface area contributed by atoms with Crippen molar-refractivity contribution in [3.63, 3.8) is 0 Å². The van der Waals surface area contributed by atoms with Crippen LogP contribution < -0.4 is 15.9 Å². The van der Waals surface area contributed by atoms with Crippen LogP contribution in [0.15, 0.2) is 29.4 Å². The molecule has 0 saturated carbocycles. The van der Waals surface area contributed by atoms with Crippen molar-refractivity contribution in [2.24, 2.45) is 10.8 Å². The number of carbonyl (C=O) groups is 1. The van der Waals surface area contributed by atoms with Gasteiger partial charge in [0.05, 0.1) is 7.11 Å². The summed E-state index contributed by atoms with van der Waals surface area (Å²) < 4.78 is 5.15. The monoisotopic (exact) mass is 253 g/mol. The number of halogens is 1. The first-order valence-electron chi connectivity index (χ1n) is 4.72. The van der Waals surface area contributed by atoms with Gasteiger partial charge < -0.3 is 10.5 Å². The summed E-state index contributed by atoms with van der Waals surface area (Å²) in [6, 6.07) is 4.54. The SMILES string of the molecule is COc1ccc(Cl)cc1/C=C/C=N/NC(N)=O. The minimum absolute atomic E-state index is 0.609. The van der Waals surface area contributed by atoms with Crippen LogP contribution in [0.25, 0.3) is 6.08 Å². The van der Waals surface area contributed by atoms with Gasteiger partial charge in [0.15, 0.2) is 0 Å². The largest absolute Gasteiger partial charge is 0.496 e. The van der Waals surface area contributed by atoms with E-state index in [0.29, 0.717) is 10.8 Å². The van der Waals surface area contributed by atoms with E-state index in [-0.39, 0.29) is 0 Å². The molecule has 0 aliphatic rings. The van der Waals surface area contributed by atoms with Crippen LogP contribution in [0.1, 0.15) is 5.56 Å². The molecule has 2 amide bonds. The van der Waals surface area contributed by atoms with E-state index in [1.807, 2.05) is 0 Å². The van der Waals surface area contributed by atoms with E-state index in [4.69, 9.17) is 22.1 Å². The fourth-order valence-corrected chi connectivity index (χ4v) is 1.31. The fourth-order valence-electron chi connectivity index (χ4n) is 1.13. The average molecular weight is 254 g/mol. The summed E-state index contributed by atoms with van der Waals surface area (Å²) in [5.74, 6) is 0.696. The van der Waals surface area contributed by atoms with Gasteiger partial charge in [-0.15, -0.1) is 0 Å². The quantitative estimate of drug-likeness (QED) is 0.636. The molecular formula is C11H12ClN3O2. The zero-order valence-corrected chi connectivity index (χ0v) is 9.94. The molecule has 0 saturated heterocycles. The van der Waals surface area contributed by atoms with Gasteiger partial charge in [0, 0.05) is 16.8 Å². The number of ether oxygens (including phenoxy) is 1. The van der Waals surface area contributed by atoms with Gasteiger partial charge in [-0.2, -0.15) is 5.10 Å². The molecule has 0 radical (unpaired) electrons. The number of allylic oxidation sites excluding steroid dienone is 1. The molecule has 0 aliphatic carbocycles. The van der Waals surface area contributed by atoms with Gasteiger partial charge in [0.2, 0.25) is 0 Å². The van der Waals surface area contributed by atoms with E-state index in [0.717, 1.165) is 5.56 Å². The number of urea groups is 1. The summed E-state index contributed by atoms with van der Waals surface area (Å²) in [6.07, 6.45) is 4.77. The number of nitrogens with one attached hydrogen (secondary N) is 1. The molecule has 0 aromatic heterocycles. The Labute approximate surface area is 104 Å². The van der Waals surface area contributed by atoms with E-state index in [1.165, 1.54) is 6.21 Å². The van der Waals surface area contributed by atoms with Gasteiger partial charge in [0.1, 0.15) is 5.75 Å². The van der Waals surface area contributed by atoms with Crippen LogP contribution in [-0.2, 0) is 0 Å². The van der Waals surface area contributed by atoms with Crippen molar-refractivity contribution in [1.82, 2.24) is 5.43 Å². The van der Waals surface area contributed by atoms with Gasteiger partial charge in [-0.05, 0) is 30.4 Å². The number of primary amides is 1. The Kier molecular flexibility index (Phi) is 5.03. The maximum Gasteiger partial charge on any atom is 0.332 e. The molecule has 5 nitrogen and oxygen atoms in total. The highest BCUT2D eigenvalue weighted by atomic mass is 35.5. The van der Waals surface area contributed by atoms with E-state index < -0.39 is 6.03 Å².